The molecule has 2 aromatic rings. The Hall–Kier alpha value is -2.66. The number of nitriles is 1. The van der Waals surface area contributed by atoms with Crippen LogP contribution in [0.15, 0.2) is 42.9 Å². The first kappa shape index (κ1) is 19.6. The summed E-state index contributed by atoms with van der Waals surface area (Å²) >= 11 is 0. The summed E-state index contributed by atoms with van der Waals surface area (Å²) in [7, 11) is 0. The first-order valence-corrected chi connectivity index (χ1v) is 10.1. The lowest BCUT2D eigenvalue weighted by molar-refractivity contribution is -0.0259. The number of nitrogens with zero attached hydrogens (tertiary/aromatic N) is 5. The number of rotatable bonds is 5. The molecule has 2 unspecified atom stereocenters. The van der Waals surface area contributed by atoms with Crippen LogP contribution in [0.1, 0.15) is 34.5 Å². The molecule has 2 saturated heterocycles. The molecule has 0 aromatic carbocycles. The molecule has 7 heteroatoms. The van der Waals surface area contributed by atoms with E-state index in [0.717, 1.165) is 51.1 Å². The van der Waals surface area contributed by atoms with Gasteiger partial charge in [-0.2, -0.15) is 5.26 Å². The number of pyridine rings is 2. The zero-order valence-electron chi connectivity index (χ0n) is 16.4. The highest BCUT2D eigenvalue weighted by atomic mass is 16.5. The van der Waals surface area contributed by atoms with E-state index in [-0.39, 0.29) is 11.9 Å². The maximum Gasteiger partial charge on any atom is 0.191 e. The normalized spacial score (nSPS) is 23.4. The van der Waals surface area contributed by atoms with Crippen LogP contribution in [0.3, 0.4) is 0 Å². The fourth-order valence-corrected chi connectivity index (χ4v) is 4.17. The molecular weight excluding hydrogens is 366 g/mol. The van der Waals surface area contributed by atoms with Crippen LogP contribution in [-0.2, 0) is 11.3 Å². The van der Waals surface area contributed by atoms with Crippen molar-refractivity contribution in [3.63, 3.8) is 0 Å². The third kappa shape index (κ3) is 4.85. The third-order valence-electron chi connectivity index (χ3n) is 5.78. The van der Waals surface area contributed by atoms with E-state index in [2.05, 4.69) is 25.8 Å². The summed E-state index contributed by atoms with van der Waals surface area (Å²) in [6.07, 6.45) is 6.35. The van der Waals surface area contributed by atoms with Gasteiger partial charge in [-0.25, -0.2) is 4.98 Å². The van der Waals surface area contributed by atoms with Crippen LogP contribution >= 0.6 is 0 Å². The van der Waals surface area contributed by atoms with E-state index in [0.29, 0.717) is 23.9 Å². The van der Waals surface area contributed by atoms with E-state index in [1.165, 1.54) is 0 Å². The van der Waals surface area contributed by atoms with Gasteiger partial charge in [0, 0.05) is 69.5 Å². The highest BCUT2D eigenvalue weighted by Crippen LogP contribution is 2.23. The number of hydrogen-bond acceptors (Lipinski definition) is 7. The van der Waals surface area contributed by atoms with Crippen molar-refractivity contribution >= 4 is 5.78 Å². The monoisotopic (exact) mass is 391 g/mol. The summed E-state index contributed by atoms with van der Waals surface area (Å²) in [5.74, 6) is 0.0571. The van der Waals surface area contributed by atoms with Crippen LogP contribution in [0.4, 0.5) is 0 Å². The second kappa shape index (κ2) is 9.23. The first-order valence-electron chi connectivity index (χ1n) is 10.1. The van der Waals surface area contributed by atoms with Gasteiger partial charge < -0.3 is 4.74 Å². The van der Waals surface area contributed by atoms with Crippen molar-refractivity contribution in [3.8, 4) is 6.07 Å². The van der Waals surface area contributed by atoms with E-state index in [1.807, 2.05) is 12.1 Å². The van der Waals surface area contributed by atoms with E-state index in [9.17, 15) is 4.79 Å². The highest BCUT2D eigenvalue weighted by Gasteiger charge is 2.33. The Morgan fingerprint density at radius 3 is 2.72 bits per heavy atom. The van der Waals surface area contributed by atoms with Crippen LogP contribution in [0.5, 0.6) is 0 Å². The number of carbonyl (C=O) groups excluding carboxylic acids is 1. The summed E-state index contributed by atoms with van der Waals surface area (Å²) in [5, 5.41) is 9.01. The van der Waals surface area contributed by atoms with Gasteiger partial charge in [0.25, 0.3) is 0 Å². The molecule has 0 spiro atoms. The molecule has 0 N–H and O–H groups in total. The number of aromatic nitrogens is 2. The van der Waals surface area contributed by atoms with Gasteiger partial charge in [0.2, 0.25) is 0 Å². The van der Waals surface area contributed by atoms with Gasteiger partial charge in [-0.15, -0.1) is 0 Å². The largest absolute Gasteiger partial charge is 0.370 e. The molecule has 0 amide bonds. The van der Waals surface area contributed by atoms with E-state index < -0.39 is 0 Å². The molecule has 2 atom stereocenters. The number of ketones is 1. The summed E-state index contributed by atoms with van der Waals surface area (Å²) in [6, 6.07) is 9.83. The lowest BCUT2D eigenvalue weighted by Crippen LogP contribution is -2.53. The summed E-state index contributed by atoms with van der Waals surface area (Å²) < 4.78 is 5.80. The Labute approximate surface area is 170 Å². The average Bonchev–Trinajstić information content (AvgIpc) is 2.80. The van der Waals surface area contributed by atoms with Crippen LogP contribution in [0.2, 0.25) is 0 Å². The standard InChI is InChI=1S/C22H25N5O2/c23-15-19-13-17(1-7-25-19)16-26-8-10-27(11-9-26)20-4-12-29-21(14-20)22(28)18-2-5-24-6-3-18/h1-3,5-7,13,20-21H,4,8-12,14,16H2. The van der Waals surface area contributed by atoms with Crippen LogP contribution in [0, 0.1) is 11.3 Å². The molecule has 2 fully saturated rings. The number of ether oxygens (including phenoxy) is 1. The van der Waals surface area contributed by atoms with Gasteiger partial charge >= 0.3 is 0 Å². The minimum absolute atomic E-state index is 0.0571. The molecule has 4 heterocycles. The molecule has 29 heavy (non-hydrogen) atoms. The molecule has 0 aliphatic carbocycles. The Morgan fingerprint density at radius 1 is 1.17 bits per heavy atom. The number of Topliss-reactive ketones (excluding diaryl/α,β-unsaturated/α-hetero) is 1. The quantitative estimate of drug-likeness (QED) is 0.720. The second-order valence-electron chi connectivity index (χ2n) is 7.61. The van der Waals surface area contributed by atoms with Crippen molar-refractivity contribution in [1.29, 1.82) is 5.26 Å². The SMILES string of the molecule is N#Cc1cc(CN2CCN(C3CCOC(C(=O)c4ccncc4)C3)CC2)ccn1. The van der Waals surface area contributed by atoms with Gasteiger partial charge in [0.05, 0.1) is 0 Å². The Balaban J connectivity index is 1.30. The summed E-state index contributed by atoms with van der Waals surface area (Å²) in [4.78, 5) is 25.7. The maximum atomic E-state index is 12.7. The zero-order valence-corrected chi connectivity index (χ0v) is 16.4. The van der Waals surface area contributed by atoms with Gasteiger partial charge in [0.1, 0.15) is 17.9 Å². The maximum absolute atomic E-state index is 12.7. The zero-order chi connectivity index (χ0) is 20.1. The molecule has 2 aliphatic heterocycles. The Morgan fingerprint density at radius 2 is 1.97 bits per heavy atom. The average molecular weight is 391 g/mol. The molecule has 4 rings (SSSR count). The molecule has 7 nitrogen and oxygen atoms in total. The van der Waals surface area contributed by atoms with Crippen molar-refractivity contribution in [1.82, 2.24) is 19.8 Å². The molecular formula is C22H25N5O2. The summed E-state index contributed by atoms with van der Waals surface area (Å²) in [5.41, 5.74) is 2.26. The van der Waals surface area contributed by atoms with E-state index in [4.69, 9.17) is 10.00 Å². The molecule has 0 saturated carbocycles. The van der Waals surface area contributed by atoms with Gasteiger partial charge in [-0.3, -0.25) is 19.6 Å². The van der Waals surface area contributed by atoms with Gasteiger partial charge in [0.15, 0.2) is 5.78 Å². The predicted octanol–water partition coefficient (Wildman–Crippen LogP) is 1.90. The lowest BCUT2D eigenvalue weighted by atomic mass is 9.95. The Kier molecular flexibility index (Phi) is 6.25. The topological polar surface area (TPSA) is 82.4 Å². The number of hydrogen-bond donors (Lipinski definition) is 0. The molecule has 0 bridgehead atoms. The number of piperazine rings is 1. The molecule has 0 radical (unpaired) electrons. The molecule has 2 aliphatic rings. The minimum Gasteiger partial charge on any atom is -0.370 e. The fraction of sp³-hybridized carbons (Fsp3) is 0.455. The third-order valence-corrected chi connectivity index (χ3v) is 5.78. The first-order chi connectivity index (χ1) is 14.2. The van der Waals surface area contributed by atoms with Crippen molar-refractivity contribution in [3.05, 3.63) is 59.7 Å². The van der Waals surface area contributed by atoms with Crippen molar-refractivity contribution < 1.29 is 9.53 Å². The van der Waals surface area contributed by atoms with Gasteiger partial charge in [-0.05, 0) is 42.7 Å². The van der Waals surface area contributed by atoms with E-state index in [1.54, 1.807) is 30.7 Å². The fourth-order valence-electron chi connectivity index (χ4n) is 4.17. The van der Waals surface area contributed by atoms with Crippen LogP contribution < -0.4 is 0 Å². The lowest BCUT2D eigenvalue weighted by Gasteiger charge is -2.42. The second-order valence-corrected chi connectivity index (χ2v) is 7.61. The molecule has 2 aromatic heterocycles. The Bertz CT molecular complexity index is 874. The highest BCUT2D eigenvalue weighted by molar-refractivity contribution is 5.99. The number of carbonyl (C=O) groups is 1. The smallest absolute Gasteiger partial charge is 0.191 e. The van der Waals surface area contributed by atoms with E-state index >= 15 is 0 Å². The van der Waals surface area contributed by atoms with Crippen LogP contribution in [-0.4, -0.2) is 70.5 Å². The van der Waals surface area contributed by atoms with Crippen molar-refractivity contribution in [2.45, 2.75) is 31.5 Å². The minimum atomic E-state index is -0.365. The van der Waals surface area contributed by atoms with Crippen molar-refractivity contribution in [2.24, 2.45) is 0 Å². The summed E-state index contributed by atoms with van der Waals surface area (Å²) in [6.45, 7) is 5.38. The predicted molar refractivity (Wildman–Crippen MR) is 107 cm³/mol. The van der Waals surface area contributed by atoms with Crippen LogP contribution in [0.25, 0.3) is 0 Å². The van der Waals surface area contributed by atoms with Gasteiger partial charge in [-0.1, -0.05) is 0 Å². The van der Waals surface area contributed by atoms with Crippen molar-refractivity contribution in [2.75, 3.05) is 32.8 Å². The molecule has 150 valence electrons.